The van der Waals surface area contributed by atoms with Crippen molar-refractivity contribution < 1.29 is 0 Å². The van der Waals surface area contributed by atoms with Gasteiger partial charge >= 0.3 is 0 Å². The zero-order chi connectivity index (χ0) is 13.8. The van der Waals surface area contributed by atoms with Crippen molar-refractivity contribution in [3.8, 4) is 5.69 Å². The molecule has 3 aromatic rings. The second-order valence-corrected chi connectivity index (χ2v) is 4.78. The number of benzene rings is 2. The van der Waals surface area contributed by atoms with Gasteiger partial charge in [0.2, 0.25) is 0 Å². The third-order valence-electron chi connectivity index (χ3n) is 2.93. The first-order chi connectivity index (χ1) is 9.81. The molecule has 5 heteroatoms. The van der Waals surface area contributed by atoms with Crippen molar-refractivity contribution in [2.24, 2.45) is 0 Å². The van der Waals surface area contributed by atoms with Gasteiger partial charge in [0.1, 0.15) is 0 Å². The zero-order valence-electron chi connectivity index (χ0n) is 10.7. The average molecular weight is 285 g/mol. The lowest BCUT2D eigenvalue weighted by Gasteiger charge is -2.07. The van der Waals surface area contributed by atoms with Gasteiger partial charge in [-0.1, -0.05) is 23.7 Å². The van der Waals surface area contributed by atoms with Crippen LogP contribution in [0.2, 0.25) is 5.02 Å². The second-order valence-electron chi connectivity index (χ2n) is 4.35. The van der Waals surface area contributed by atoms with E-state index in [-0.39, 0.29) is 0 Å². The van der Waals surface area contributed by atoms with Gasteiger partial charge in [-0.3, -0.25) is 0 Å². The summed E-state index contributed by atoms with van der Waals surface area (Å²) in [5, 5.41) is 12.3. The summed E-state index contributed by atoms with van der Waals surface area (Å²) < 4.78 is 0. The lowest BCUT2D eigenvalue weighted by atomic mass is 10.2. The van der Waals surface area contributed by atoms with Crippen LogP contribution >= 0.6 is 11.6 Å². The number of nitrogens with zero attached hydrogens (tertiary/aromatic N) is 3. The van der Waals surface area contributed by atoms with E-state index >= 15 is 0 Å². The average Bonchev–Trinajstić information content (AvgIpc) is 3.01. The third-order valence-corrected chi connectivity index (χ3v) is 3.18. The third kappa shape index (κ3) is 2.97. The molecule has 1 aromatic heterocycles. The molecule has 0 bridgehead atoms. The molecule has 0 unspecified atom stereocenters. The summed E-state index contributed by atoms with van der Waals surface area (Å²) in [4.78, 5) is 1.59. The lowest BCUT2D eigenvalue weighted by molar-refractivity contribution is 0.752. The molecule has 0 fully saturated rings. The van der Waals surface area contributed by atoms with E-state index in [0.717, 1.165) is 22.9 Å². The highest BCUT2D eigenvalue weighted by Gasteiger charge is 1.98. The molecule has 0 aliphatic rings. The monoisotopic (exact) mass is 284 g/mol. The molecule has 0 amide bonds. The lowest BCUT2D eigenvalue weighted by Crippen LogP contribution is -2.01. The smallest absolute Gasteiger partial charge is 0.0858 e. The zero-order valence-corrected chi connectivity index (χ0v) is 11.5. The van der Waals surface area contributed by atoms with Crippen LogP contribution in [-0.2, 0) is 6.54 Å². The topological polar surface area (TPSA) is 42.7 Å². The number of halogens is 1. The number of aromatic nitrogens is 3. The summed E-state index contributed by atoms with van der Waals surface area (Å²) in [5.41, 5.74) is 3.18. The predicted molar refractivity (Wildman–Crippen MR) is 80.1 cm³/mol. The van der Waals surface area contributed by atoms with Gasteiger partial charge in [-0.15, -0.1) is 0 Å². The van der Waals surface area contributed by atoms with Gasteiger partial charge in [0.25, 0.3) is 0 Å². The molecule has 0 spiro atoms. The molecule has 0 saturated carbocycles. The number of hydrogen-bond acceptors (Lipinski definition) is 3. The molecule has 0 saturated heterocycles. The van der Waals surface area contributed by atoms with Gasteiger partial charge in [0.05, 0.1) is 18.1 Å². The Bertz CT molecular complexity index is 660. The summed E-state index contributed by atoms with van der Waals surface area (Å²) in [6.45, 7) is 0.760. The van der Waals surface area contributed by atoms with Crippen LogP contribution in [0.25, 0.3) is 5.69 Å². The molecule has 0 radical (unpaired) electrons. The van der Waals surface area contributed by atoms with Crippen molar-refractivity contribution >= 4 is 17.3 Å². The minimum atomic E-state index is 0.754. The Balaban J connectivity index is 1.65. The van der Waals surface area contributed by atoms with Crippen LogP contribution in [0.15, 0.2) is 60.9 Å². The molecular weight excluding hydrogens is 272 g/mol. The van der Waals surface area contributed by atoms with E-state index in [1.165, 1.54) is 5.56 Å². The maximum Gasteiger partial charge on any atom is 0.0858 e. The summed E-state index contributed by atoms with van der Waals surface area (Å²) in [6, 6.07) is 15.8. The minimum Gasteiger partial charge on any atom is -0.381 e. The van der Waals surface area contributed by atoms with Crippen LogP contribution in [0, 0.1) is 0 Å². The highest BCUT2D eigenvalue weighted by molar-refractivity contribution is 6.30. The van der Waals surface area contributed by atoms with Gasteiger partial charge in [-0.2, -0.15) is 15.0 Å². The number of nitrogens with one attached hydrogen (secondary N) is 1. The fraction of sp³-hybridized carbons (Fsp3) is 0.0667. The van der Waals surface area contributed by atoms with Crippen LogP contribution in [0.4, 0.5) is 5.69 Å². The van der Waals surface area contributed by atoms with E-state index in [9.17, 15) is 0 Å². The molecular formula is C15H13ClN4. The van der Waals surface area contributed by atoms with Crippen molar-refractivity contribution in [2.75, 3.05) is 5.32 Å². The predicted octanol–water partition coefficient (Wildman–Crippen LogP) is 3.53. The largest absolute Gasteiger partial charge is 0.381 e. The molecule has 2 aromatic carbocycles. The standard InChI is InChI=1S/C15H13ClN4/c16-13-3-1-12(2-4-13)11-17-14-5-7-15(8-6-14)20-18-9-10-19-20/h1-10,17H,11H2. The van der Waals surface area contributed by atoms with E-state index in [1.807, 2.05) is 48.5 Å². The Morgan fingerprint density at radius 2 is 1.55 bits per heavy atom. The number of hydrogen-bond donors (Lipinski definition) is 1. The first kappa shape index (κ1) is 12.7. The first-order valence-electron chi connectivity index (χ1n) is 6.26. The summed E-state index contributed by atoms with van der Waals surface area (Å²) >= 11 is 5.86. The van der Waals surface area contributed by atoms with Crippen LogP contribution < -0.4 is 5.32 Å². The Labute approximate surface area is 122 Å². The Morgan fingerprint density at radius 3 is 2.20 bits per heavy atom. The van der Waals surface area contributed by atoms with Gasteiger partial charge in [-0.05, 0) is 42.0 Å². The summed E-state index contributed by atoms with van der Waals surface area (Å²) in [7, 11) is 0. The Morgan fingerprint density at radius 1 is 0.900 bits per heavy atom. The Hall–Kier alpha value is -2.33. The van der Waals surface area contributed by atoms with Gasteiger partial charge in [0.15, 0.2) is 0 Å². The first-order valence-corrected chi connectivity index (χ1v) is 6.64. The van der Waals surface area contributed by atoms with E-state index < -0.39 is 0 Å². The number of rotatable bonds is 4. The Kier molecular flexibility index (Phi) is 3.65. The van der Waals surface area contributed by atoms with Gasteiger partial charge < -0.3 is 5.32 Å². The highest BCUT2D eigenvalue weighted by atomic mass is 35.5. The molecule has 100 valence electrons. The molecule has 3 rings (SSSR count). The van der Waals surface area contributed by atoms with Crippen molar-refractivity contribution in [3.63, 3.8) is 0 Å². The molecule has 0 atom stereocenters. The maximum atomic E-state index is 5.86. The fourth-order valence-corrected chi connectivity index (χ4v) is 1.99. The normalized spacial score (nSPS) is 10.4. The molecule has 1 N–H and O–H groups in total. The SMILES string of the molecule is Clc1ccc(CNc2ccc(-n3nccn3)cc2)cc1. The molecule has 20 heavy (non-hydrogen) atoms. The van der Waals surface area contributed by atoms with Crippen molar-refractivity contribution in [2.45, 2.75) is 6.54 Å². The quantitative estimate of drug-likeness (QED) is 0.797. The summed E-state index contributed by atoms with van der Waals surface area (Å²) in [6.07, 6.45) is 3.32. The van der Waals surface area contributed by atoms with Crippen molar-refractivity contribution in [1.82, 2.24) is 15.0 Å². The fourth-order valence-electron chi connectivity index (χ4n) is 1.87. The molecule has 0 aliphatic heterocycles. The molecule has 1 heterocycles. The van der Waals surface area contributed by atoms with Gasteiger partial charge in [-0.25, -0.2) is 0 Å². The van der Waals surface area contributed by atoms with Crippen LogP contribution in [-0.4, -0.2) is 15.0 Å². The van der Waals surface area contributed by atoms with Crippen LogP contribution in [0.1, 0.15) is 5.56 Å². The summed E-state index contributed by atoms with van der Waals surface area (Å²) in [5.74, 6) is 0. The van der Waals surface area contributed by atoms with Crippen LogP contribution in [0.3, 0.4) is 0 Å². The van der Waals surface area contributed by atoms with E-state index in [1.54, 1.807) is 17.2 Å². The van der Waals surface area contributed by atoms with Crippen molar-refractivity contribution in [1.29, 1.82) is 0 Å². The second kappa shape index (κ2) is 5.75. The van der Waals surface area contributed by atoms with Gasteiger partial charge in [0, 0.05) is 17.3 Å². The minimum absolute atomic E-state index is 0.754. The van der Waals surface area contributed by atoms with E-state index in [4.69, 9.17) is 11.6 Å². The van der Waals surface area contributed by atoms with E-state index in [2.05, 4.69) is 15.5 Å². The molecule has 0 aliphatic carbocycles. The molecule has 4 nitrogen and oxygen atoms in total. The number of anilines is 1. The highest BCUT2D eigenvalue weighted by Crippen LogP contribution is 2.14. The van der Waals surface area contributed by atoms with Crippen LogP contribution in [0.5, 0.6) is 0 Å². The van der Waals surface area contributed by atoms with Crippen molar-refractivity contribution in [3.05, 3.63) is 71.5 Å². The maximum absolute atomic E-state index is 5.86. The van der Waals surface area contributed by atoms with E-state index in [0.29, 0.717) is 0 Å².